The summed E-state index contributed by atoms with van der Waals surface area (Å²) < 4.78 is 12.4. The Labute approximate surface area is 194 Å². The lowest BCUT2D eigenvalue weighted by Gasteiger charge is -2.24. The van der Waals surface area contributed by atoms with Crippen LogP contribution in [0.5, 0.6) is 0 Å². The zero-order valence-electron chi connectivity index (χ0n) is 19.4. The van der Waals surface area contributed by atoms with Crippen LogP contribution in [0.1, 0.15) is 66.4 Å². The summed E-state index contributed by atoms with van der Waals surface area (Å²) >= 11 is 0. The molecule has 5 nitrogen and oxygen atoms in total. The molecule has 1 aromatic heterocycles. The Morgan fingerprint density at radius 1 is 0.909 bits per heavy atom. The number of esters is 2. The maximum Gasteiger partial charge on any atom is 0.337 e. The van der Waals surface area contributed by atoms with E-state index in [1.807, 2.05) is 25.1 Å². The largest absolute Gasteiger partial charge is 0.466 e. The summed E-state index contributed by atoms with van der Waals surface area (Å²) in [7, 11) is 2.83. The molecule has 0 atom stereocenters. The quantitative estimate of drug-likeness (QED) is 0.459. The van der Waals surface area contributed by atoms with E-state index in [9.17, 15) is 9.59 Å². The van der Waals surface area contributed by atoms with Crippen molar-refractivity contribution in [3.8, 4) is 11.3 Å². The summed E-state index contributed by atoms with van der Waals surface area (Å²) in [6.07, 6.45) is 6.04. The number of methoxy groups -OCH3 is 2. The maximum absolute atomic E-state index is 12.8. The molecule has 1 aliphatic carbocycles. The van der Waals surface area contributed by atoms with Gasteiger partial charge in [-0.05, 0) is 54.5 Å². The van der Waals surface area contributed by atoms with Gasteiger partial charge in [-0.2, -0.15) is 0 Å². The smallest absolute Gasteiger partial charge is 0.337 e. The van der Waals surface area contributed by atoms with Gasteiger partial charge in [-0.25, -0.2) is 9.59 Å². The molecule has 5 heteroatoms. The molecule has 0 saturated heterocycles. The van der Waals surface area contributed by atoms with Gasteiger partial charge in [-0.15, -0.1) is 0 Å². The number of nitrogens with zero attached hydrogens (tertiary/aromatic N) is 1. The van der Waals surface area contributed by atoms with Gasteiger partial charge in [0.1, 0.15) is 0 Å². The summed E-state index contributed by atoms with van der Waals surface area (Å²) in [5.74, 6) is -0.226. The first-order valence-electron chi connectivity index (χ1n) is 11.7. The van der Waals surface area contributed by atoms with Crippen LogP contribution in [0.4, 0.5) is 0 Å². The Morgan fingerprint density at radius 2 is 1.61 bits per heavy atom. The summed E-state index contributed by atoms with van der Waals surface area (Å²) in [6.45, 7) is 2.40. The molecule has 2 aliphatic rings. The minimum absolute atomic E-state index is 0.319. The minimum Gasteiger partial charge on any atom is -0.466 e. The number of fused-ring (bicyclic) bond motifs is 5. The Bertz CT molecular complexity index is 1290. The lowest BCUT2D eigenvalue weighted by atomic mass is 9.81. The lowest BCUT2D eigenvalue weighted by Crippen LogP contribution is -2.13. The number of ether oxygens (including phenoxy) is 2. The predicted molar refractivity (Wildman–Crippen MR) is 129 cm³/mol. The molecule has 2 heterocycles. The third-order valence-corrected chi connectivity index (χ3v) is 7.33. The first-order chi connectivity index (χ1) is 16.0. The van der Waals surface area contributed by atoms with Crippen molar-refractivity contribution in [1.29, 1.82) is 0 Å². The van der Waals surface area contributed by atoms with Crippen LogP contribution in [0.25, 0.3) is 27.7 Å². The number of aromatic nitrogens is 1. The van der Waals surface area contributed by atoms with Crippen LogP contribution in [0.2, 0.25) is 0 Å². The fourth-order valence-electron chi connectivity index (χ4n) is 5.68. The molecule has 1 saturated carbocycles. The molecule has 3 aromatic rings. The standard InChI is InChI=1S/C28H29NO4/c1-17-20-11-7-8-12-21(20)26-25(18-9-5-4-6-10-18)22-14-13-19(27(30)32-2)15-24(22)29(26)16-23(17)28(31)33-3/h7-8,11-15,18H,4-6,9-10,16H2,1-3H3. The van der Waals surface area contributed by atoms with E-state index in [2.05, 4.69) is 28.8 Å². The third kappa shape index (κ3) is 3.47. The summed E-state index contributed by atoms with van der Waals surface area (Å²) in [4.78, 5) is 25.2. The van der Waals surface area contributed by atoms with E-state index in [1.54, 1.807) is 0 Å². The van der Waals surface area contributed by atoms with Crippen LogP contribution in [0, 0.1) is 0 Å². The SMILES string of the molecule is COC(=O)C1=C(C)c2ccccc2-c2c(C3CCCCC3)c3ccc(C(=O)OC)cc3n2C1. The normalized spacial score (nSPS) is 16.2. The molecule has 5 rings (SSSR count). The third-order valence-electron chi connectivity index (χ3n) is 7.33. The van der Waals surface area contributed by atoms with Gasteiger partial charge >= 0.3 is 11.9 Å². The Kier molecular flexibility index (Phi) is 5.57. The monoisotopic (exact) mass is 443 g/mol. The van der Waals surface area contributed by atoms with Gasteiger partial charge in [-0.1, -0.05) is 49.6 Å². The van der Waals surface area contributed by atoms with Crippen molar-refractivity contribution in [3.05, 3.63) is 64.7 Å². The van der Waals surface area contributed by atoms with Crippen molar-refractivity contribution in [1.82, 2.24) is 4.57 Å². The number of hydrogen-bond donors (Lipinski definition) is 0. The second kappa shape index (κ2) is 8.54. The lowest BCUT2D eigenvalue weighted by molar-refractivity contribution is -0.136. The van der Waals surface area contributed by atoms with Crippen molar-refractivity contribution in [2.45, 2.75) is 51.5 Å². The summed E-state index contributed by atoms with van der Waals surface area (Å²) in [5, 5.41) is 1.16. The van der Waals surface area contributed by atoms with Crippen LogP contribution in [0.3, 0.4) is 0 Å². The molecule has 170 valence electrons. The van der Waals surface area contributed by atoms with E-state index in [1.165, 1.54) is 39.0 Å². The average molecular weight is 444 g/mol. The van der Waals surface area contributed by atoms with Crippen LogP contribution in [0.15, 0.2) is 48.0 Å². The molecule has 2 aromatic carbocycles. The molecule has 0 amide bonds. The van der Waals surface area contributed by atoms with E-state index in [0.29, 0.717) is 23.6 Å². The Balaban J connectivity index is 1.87. The Morgan fingerprint density at radius 3 is 2.30 bits per heavy atom. The second-order valence-corrected chi connectivity index (χ2v) is 9.05. The highest BCUT2D eigenvalue weighted by Crippen LogP contribution is 2.47. The van der Waals surface area contributed by atoms with Crippen LogP contribution in [-0.4, -0.2) is 30.7 Å². The van der Waals surface area contributed by atoms with Gasteiger partial charge in [-0.3, -0.25) is 0 Å². The second-order valence-electron chi connectivity index (χ2n) is 9.05. The van der Waals surface area contributed by atoms with Crippen molar-refractivity contribution in [2.75, 3.05) is 14.2 Å². The first-order valence-corrected chi connectivity index (χ1v) is 11.7. The van der Waals surface area contributed by atoms with Gasteiger partial charge < -0.3 is 14.0 Å². The van der Waals surface area contributed by atoms with Crippen molar-refractivity contribution < 1.29 is 19.1 Å². The highest BCUT2D eigenvalue weighted by Gasteiger charge is 2.31. The summed E-state index contributed by atoms with van der Waals surface area (Å²) in [5.41, 5.74) is 7.74. The fraction of sp³-hybridized carbons (Fsp3) is 0.357. The van der Waals surface area contributed by atoms with Crippen molar-refractivity contribution in [3.63, 3.8) is 0 Å². The average Bonchev–Trinajstić information content (AvgIpc) is 3.12. The molecule has 0 spiro atoms. The van der Waals surface area contributed by atoms with E-state index in [0.717, 1.165) is 46.1 Å². The fourth-order valence-corrected chi connectivity index (χ4v) is 5.68. The molecule has 0 radical (unpaired) electrons. The number of carbonyl (C=O) groups is 2. The summed E-state index contributed by atoms with van der Waals surface area (Å²) in [6, 6.07) is 14.1. The van der Waals surface area contributed by atoms with Crippen molar-refractivity contribution >= 4 is 28.4 Å². The molecule has 33 heavy (non-hydrogen) atoms. The zero-order chi connectivity index (χ0) is 23.1. The molecular formula is C28H29NO4. The highest BCUT2D eigenvalue weighted by molar-refractivity contribution is 6.04. The van der Waals surface area contributed by atoms with Gasteiger partial charge in [0.15, 0.2) is 0 Å². The van der Waals surface area contributed by atoms with Crippen LogP contribution in [-0.2, 0) is 20.8 Å². The van der Waals surface area contributed by atoms with Crippen LogP contribution < -0.4 is 0 Å². The molecule has 0 unspecified atom stereocenters. The minimum atomic E-state index is -0.361. The molecule has 0 bridgehead atoms. The maximum atomic E-state index is 12.8. The number of carbonyl (C=O) groups excluding carboxylic acids is 2. The van der Waals surface area contributed by atoms with E-state index >= 15 is 0 Å². The number of rotatable bonds is 3. The topological polar surface area (TPSA) is 57.5 Å². The van der Waals surface area contributed by atoms with E-state index in [4.69, 9.17) is 9.47 Å². The predicted octanol–water partition coefficient (Wildman–Crippen LogP) is 6.10. The molecule has 1 fully saturated rings. The Hall–Kier alpha value is -3.34. The molecular weight excluding hydrogens is 414 g/mol. The molecule has 0 N–H and O–H groups in total. The van der Waals surface area contributed by atoms with Gasteiger partial charge in [0.25, 0.3) is 0 Å². The van der Waals surface area contributed by atoms with Crippen molar-refractivity contribution in [2.24, 2.45) is 0 Å². The number of allylic oxidation sites excluding steroid dienone is 1. The van der Waals surface area contributed by atoms with Gasteiger partial charge in [0.2, 0.25) is 0 Å². The van der Waals surface area contributed by atoms with E-state index < -0.39 is 0 Å². The first kappa shape index (κ1) is 21.5. The van der Waals surface area contributed by atoms with E-state index in [-0.39, 0.29) is 11.9 Å². The zero-order valence-corrected chi connectivity index (χ0v) is 19.4. The highest BCUT2D eigenvalue weighted by atomic mass is 16.5. The van der Waals surface area contributed by atoms with Gasteiger partial charge in [0.05, 0.1) is 37.6 Å². The van der Waals surface area contributed by atoms with Gasteiger partial charge in [0, 0.05) is 16.5 Å². The van der Waals surface area contributed by atoms with Crippen LogP contribution >= 0.6 is 0 Å². The molecule has 1 aliphatic heterocycles. The number of hydrogen-bond acceptors (Lipinski definition) is 4. The number of benzene rings is 2.